The van der Waals surface area contributed by atoms with Crippen molar-refractivity contribution < 1.29 is 5.11 Å². The first-order chi connectivity index (χ1) is 8.65. The molecular formula is C11H14N4O2S. The Morgan fingerprint density at radius 3 is 3.00 bits per heavy atom. The summed E-state index contributed by atoms with van der Waals surface area (Å²) in [6, 6.07) is 3.88. The third-order valence-electron chi connectivity index (χ3n) is 2.25. The van der Waals surface area contributed by atoms with Crippen molar-refractivity contribution in [1.82, 2.24) is 15.2 Å². The highest BCUT2D eigenvalue weighted by molar-refractivity contribution is 7.09. The van der Waals surface area contributed by atoms with E-state index >= 15 is 0 Å². The monoisotopic (exact) mass is 266 g/mol. The lowest BCUT2D eigenvalue weighted by molar-refractivity contribution is 0.208. The number of aliphatic hydroxyl groups is 1. The van der Waals surface area contributed by atoms with E-state index in [0.717, 1.165) is 4.88 Å². The molecule has 0 aliphatic heterocycles. The molecule has 3 N–H and O–H groups in total. The molecule has 0 spiro atoms. The van der Waals surface area contributed by atoms with Gasteiger partial charge < -0.3 is 10.4 Å². The zero-order valence-electron chi connectivity index (χ0n) is 9.88. The SMILES string of the molecule is CC(O)CNc1nnc(Cc2cccs2)c(=O)[nH]1. The molecule has 0 aliphatic rings. The Morgan fingerprint density at radius 2 is 2.39 bits per heavy atom. The minimum atomic E-state index is -0.513. The van der Waals surface area contributed by atoms with Crippen LogP contribution in [-0.4, -0.2) is 32.9 Å². The summed E-state index contributed by atoms with van der Waals surface area (Å²) in [5.41, 5.74) is 0.131. The number of H-pyrrole nitrogens is 1. The van der Waals surface area contributed by atoms with E-state index in [2.05, 4.69) is 20.5 Å². The summed E-state index contributed by atoms with van der Waals surface area (Å²) in [5, 5.41) is 21.6. The van der Waals surface area contributed by atoms with E-state index < -0.39 is 6.10 Å². The third-order valence-corrected chi connectivity index (χ3v) is 3.13. The molecule has 2 heterocycles. The maximum Gasteiger partial charge on any atom is 0.274 e. The van der Waals surface area contributed by atoms with Crippen LogP contribution in [0.15, 0.2) is 22.3 Å². The van der Waals surface area contributed by atoms with Crippen LogP contribution in [-0.2, 0) is 6.42 Å². The van der Waals surface area contributed by atoms with E-state index in [1.807, 2.05) is 17.5 Å². The van der Waals surface area contributed by atoms with Crippen molar-refractivity contribution in [2.45, 2.75) is 19.4 Å². The van der Waals surface area contributed by atoms with Gasteiger partial charge in [0.15, 0.2) is 0 Å². The predicted molar refractivity (Wildman–Crippen MR) is 69.9 cm³/mol. The molecule has 96 valence electrons. The first-order valence-electron chi connectivity index (χ1n) is 5.55. The molecule has 0 saturated heterocycles. The first kappa shape index (κ1) is 12.7. The fraction of sp³-hybridized carbons (Fsp3) is 0.364. The van der Waals surface area contributed by atoms with Crippen LogP contribution in [0.5, 0.6) is 0 Å². The summed E-state index contributed by atoms with van der Waals surface area (Å²) in [6.07, 6.45) is -0.0301. The van der Waals surface area contributed by atoms with Gasteiger partial charge in [-0.15, -0.1) is 21.5 Å². The number of thiophene rings is 1. The molecule has 0 aromatic carbocycles. The second kappa shape index (κ2) is 5.74. The standard InChI is InChI=1S/C11H14N4O2S/c1-7(16)6-12-11-13-10(17)9(14-15-11)5-8-3-2-4-18-8/h2-4,7,16H,5-6H2,1H3,(H2,12,13,15,17). The highest BCUT2D eigenvalue weighted by Crippen LogP contribution is 2.11. The van der Waals surface area contributed by atoms with E-state index in [1.54, 1.807) is 18.3 Å². The number of rotatable bonds is 5. The third kappa shape index (κ3) is 3.38. The number of hydrogen-bond acceptors (Lipinski definition) is 6. The van der Waals surface area contributed by atoms with Crippen LogP contribution in [0.1, 0.15) is 17.5 Å². The Kier molecular flexibility index (Phi) is 4.06. The molecule has 7 heteroatoms. The lowest BCUT2D eigenvalue weighted by Gasteiger charge is -2.06. The zero-order chi connectivity index (χ0) is 13.0. The van der Waals surface area contributed by atoms with Gasteiger partial charge in [0, 0.05) is 17.8 Å². The predicted octanol–water partition coefficient (Wildman–Crippen LogP) is 0.610. The highest BCUT2D eigenvalue weighted by atomic mass is 32.1. The van der Waals surface area contributed by atoms with E-state index in [0.29, 0.717) is 18.7 Å². The zero-order valence-corrected chi connectivity index (χ0v) is 10.7. The number of aromatic amines is 1. The van der Waals surface area contributed by atoms with Crippen molar-refractivity contribution in [3.63, 3.8) is 0 Å². The van der Waals surface area contributed by atoms with Gasteiger partial charge in [0.05, 0.1) is 6.10 Å². The van der Waals surface area contributed by atoms with Crippen LogP contribution in [0.25, 0.3) is 0 Å². The molecule has 1 atom stereocenters. The fourth-order valence-corrected chi connectivity index (χ4v) is 2.09. The number of hydrogen-bond donors (Lipinski definition) is 3. The van der Waals surface area contributed by atoms with Gasteiger partial charge in [-0.25, -0.2) is 0 Å². The molecule has 0 fully saturated rings. The van der Waals surface area contributed by atoms with Gasteiger partial charge in [-0.2, -0.15) is 0 Å². The molecule has 6 nitrogen and oxygen atoms in total. The second-order valence-electron chi connectivity index (χ2n) is 3.94. The molecule has 18 heavy (non-hydrogen) atoms. The summed E-state index contributed by atoms with van der Waals surface area (Å²) in [5.74, 6) is 0.274. The van der Waals surface area contributed by atoms with Crippen molar-refractivity contribution in [1.29, 1.82) is 0 Å². The van der Waals surface area contributed by atoms with Gasteiger partial charge in [0.25, 0.3) is 5.56 Å². The normalized spacial score (nSPS) is 12.3. The number of anilines is 1. The lowest BCUT2D eigenvalue weighted by atomic mass is 10.3. The first-order valence-corrected chi connectivity index (χ1v) is 6.43. The second-order valence-corrected chi connectivity index (χ2v) is 4.97. The number of aromatic nitrogens is 3. The summed E-state index contributed by atoms with van der Waals surface area (Å²) < 4.78 is 0. The molecule has 0 saturated carbocycles. The van der Waals surface area contributed by atoms with Crippen LogP contribution >= 0.6 is 11.3 Å². The minimum Gasteiger partial charge on any atom is -0.392 e. The van der Waals surface area contributed by atoms with E-state index in [9.17, 15) is 4.79 Å². The minimum absolute atomic E-state index is 0.258. The Bertz CT molecular complexity index is 550. The molecule has 0 bridgehead atoms. The molecule has 2 aromatic heterocycles. The summed E-state index contributed by atoms with van der Waals surface area (Å²) in [4.78, 5) is 15.4. The Balaban J connectivity index is 2.08. The Hall–Kier alpha value is -1.73. The van der Waals surface area contributed by atoms with Crippen LogP contribution in [0, 0.1) is 0 Å². The van der Waals surface area contributed by atoms with Gasteiger partial charge in [0.2, 0.25) is 5.95 Å². The van der Waals surface area contributed by atoms with Gasteiger partial charge in [0.1, 0.15) is 5.69 Å². The molecular weight excluding hydrogens is 252 g/mol. The van der Waals surface area contributed by atoms with Crippen molar-refractivity contribution in [2.75, 3.05) is 11.9 Å². The lowest BCUT2D eigenvalue weighted by Crippen LogP contribution is -2.23. The van der Waals surface area contributed by atoms with E-state index in [4.69, 9.17) is 5.11 Å². The van der Waals surface area contributed by atoms with Gasteiger partial charge >= 0.3 is 0 Å². The van der Waals surface area contributed by atoms with Gasteiger partial charge in [-0.05, 0) is 18.4 Å². The average molecular weight is 266 g/mol. The molecule has 2 aromatic rings. The molecule has 1 unspecified atom stereocenters. The molecule has 0 amide bonds. The smallest absolute Gasteiger partial charge is 0.274 e. The highest BCUT2D eigenvalue weighted by Gasteiger charge is 2.06. The molecule has 0 aliphatic carbocycles. The largest absolute Gasteiger partial charge is 0.392 e. The van der Waals surface area contributed by atoms with E-state index in [-0.39, 0.29) is 11.5 Å². The van der Waals surface area contributed by atoms with Crippen molar-refractivity contribution in [3.8, 4) is 0 Å². The summed E-state index contributed by atoms with van der Waals surface area (Å²) in [6.45, 7) is 1.96. The Morgan fingerprint density at radius 1 is 1.56 bits per heavy atom. The molecule has 2 rings (SSSR count). The topological polar surface area (TPSA) is 90.9 Å². The number of nitrogens with zero attached hydrogens (tertiary/aromatic N) is 2. The average Bonchev–Trinajstić information content (AvgIpc) is 2.82. The Labute approximate surface area is 108 Å². The van der Waals surface area contributed by atoms with Gasteiger partial charge in [-0.3, -0.25) is 9.78 Å². The van der Waals surface area contributed by atoms with Crippen molar-refractivity contribution in [3.05, 3.63) is 38.4 Å². The fourth-order valence-electron chi connectivity index (χ4n) is 1.38. The molecule has 0 radical (unpaired) electrons. The van der Waals surface area contributed by atoms with Gasteiger partial charge in [-0.1, -0.05) is 6.07 Å². The van der Waals surface area contributed by atoms with Crippen LogP contribution in [0.4, 0.5) is 5.95 Å². The number of aliphatic hydroxyl groups excluding tert-OH is 1. The summed E-state index contributed by atoms with van der Waals surface area (Å²) >= 11 is 1.58. The van der Waals surface area contributed by atoms with Crippen LogP contribution < -0.4 is 10.9 Å². The maximum atomic E-state index is 11.8. The summed E-state index contributed by atoms with van der Waals surface area (Å²) in [7, 11) is 0. The number of nitrogens with one attached hydrogen (secondary N) is 2. The quantitative estimate of drug-likeness (QED) is 0.737. The van der Waals surface area contributed by atoms with E-state index in [1.165, 1.54) is 0 Å². The maximum absolute atomic E-state index is 11.8. The van der Waals surface area contributed by atoms with Crippen LogP contribution in [0.3, 0.4) is 0 Å². The van der Waals surface area contributed by atoms with Crippen molar-refractivity contribution in [2.24, 2.45) is 0 Å². The van der Waals surface area contributed by atoms with Crippen LogP contribution in [0.2, 0.25) is 0 Å². The van der Waals surface area contributed by atoms with Crippen molar-refractivity contribution >= 4 is 17.3 Å².